The van der Waals surface area contributed by atoms with Crippen LogP contribution >= 0.6 is 23.2 Å². The number of ether oxygens (including phenoxy) is 2. The maximum Gasteiger partial charge on any atom is 0.267 e. The van der Waals surface area contributed by atoms with Gasteiger partial charge in [0.1, 0.15) is 23.1 Å². The van der Waals surface area contributed by atoms with Gasteiger partial charge in [0.25, 0.3) is 5.91 Å². The van der Waals surface area contributed by atoms with E-state index in [1.165, 1.54) is 20.4 Å². The molecular weight excluding hydrogens is 389 g/mol. The zero-order chi connectivity index (χ0) is 20.0. The molecule has 2 rings (SSSR count). The SMILES string of the molecule is COc1cc(N/C=C(/C#N)C(=O)Nc2ccc(C)c(Cl)c2)c(OC)cc1Cl. The highest BCUT2D eigenvalue weighted by Crippen LogP contribution is 2.36. The van der Waals surface area contributed by atoms with Gasteiger partial charge < -0.3 is 20.1 Å². The number of nitriles is 1. The second-order valence-corrected chi connectivity index (χ2v) is 6.23. The molecule has 0 fully saturated rings. The first-order valence-electron chi connectivity index (χ1n) is 7.75. The summed E-state index contributed by atoms with van der Waals surface area (Å²) in [6.07, 6.45) is 1.27. The molecule has 0 saturated heterocycles. The summed E-state index contributed by atoms with van der Waals surface area (Å²) >= 11 is 12.1. The third-order valence-electron chi connectivity index (χ3n) is 3.64. The predicted molar refractivity (Wildman–Crippen MR) is 107 cm³/mol. The van der Waals surface area contributed by atoms with Gasteiger partial charge in [-0.05, 0) is 24.6 Å². The van der Waals surface area contributed by atoms with Gasteiger partial charge in [-0.15, -0.1) is 0 Å². The standard InChI is InChI=1S/C19H17Cl2N3O3/c1-11-4-5-13(6-14(11)20)24-19(25)12(9-22)10-23-16-8-17(26-2)15(21)7-18(16)27-3/h4-8,10,23H,1-3H3,(H,24,25)/b12-10-. The number of aryl methyl sites for hydroxylation is 1. The molecule has 2 N–H and O–H groups in total. The predicted octanol–water partition coefficient (Wildman–Crippen LogP) is 4.78. The summed E-state index contributed by atoms with van der Waals surface area (Å²) < 4.78 is 10.4. The molecule has 0 saturated carbocycles. The molecule has 0 radical (unpaired) electrons. The molecule has 2 aromatic carbocycles. The Morgan fingerprint density at radius 2 is 1.81 bits per heavy atom. The van der Waals surface area contributed by atoms with E-state index in [9.17, 15) is 10.1 Å². The van der Waals surface area contributed by atoms with E-state index >= 15 is 0 Å². The molecule has 0 unspecified atom stereocenters. The fraction of sp³-hybridized carbons (Fsp3) is 0.158. The van der Waals surface area contributed by atoms with Crippen LogP contribution < -0.4 is 20.1 Å². The fourth-order valence-corrected chi connectivity index (χ4v) is 2.55. The van der Waals surface area contributed by atoms with Crippen molar-refractivity contribution in [3.05, 3.63) is 57.7 Å². The Balaban J connectivity index is 2.22. The van der Waals surface area contributed by atoms with Gasteiger partial charge in [0.05, 0.1) is 24.9 Å². The van der Waals surface area contributed by atoms with Crippen molar-refractivity contribution in [3.8, 4) is 17.6 Å². The number of hydrogen-bond donors (Lipinski definition) is 2. The Bertz CT molecular complexity index is 937. The highest BCUT2D eigenvalue weighted by atomic mass is 35.5. The fourth-order valence-electron chi connectivity index (χ4n) is 2.14. The number of nitrogens with zero attached hydrogens (tertiary/aromatic N) is 1. The normalized spacial score (nSPS) is 10.7. The number of benzene rings is 2. The van der Waals surface area contributed by atoms with E-state index in [1.54, 1.807) is 30.3 Å². The molecule has 6 nitrogen and oxygen atoms in total. The van der Waals surface area contributed by atoms with Crippen LogP contribution in [0.3, 0.4) is 0 Å². The zero-order valence-corrected chi connectivity index (χ0v) is 16.4. The lowest BCUT2D eigenvalue weighted by Crippen LogP contribution is -2.14. The molecule has 27 heavy (non-hydrogen) atoms. The summed E-state index contributed by atoms with van der Waals surface area (Å²) in [5.74, 6) is 0.274. The number of amides is 1. The zero-order valence-electron chi connectivity index (χ0n) is 14.9. The molecule has 0 aliphatic rings. The van der Waals surface area contributed by atoms with Crippen LogP contribution in [0.4, 0.5) is 11.4 Å². The molecule has 140 valence electrons. The summed E-state index contributed by atoms with van der Waals surface area (Å²) in [6, 6.07) is 10.1. The van der Waals surface area contributed by atoms with Crippen LogP contribution in [0.5, 0.6) is 11.5 Å². The van der Waals surface area contributed by atoms with Gasteiger partial charge in [0.15, 0.2) is 0 Å². The van der Waals surface area contributed by atoms with E-state index in [1.807, 2.05) is 13.0 Å². The van der Waals surface area contributed by atoms with Gasteiger partial charge in [-0.1, -0.05) is 29.3 Å². The number of anilines is 2. The van der Waals surface area contributed by atoms with E-state index in [2.05, 4.69) is 10.6 Å². The minimum atomic E-state index is -0.579. The van der Waals surface area contributed by atoms with Crippen LogP contribution in [0.1, 0.15) is 5.56 Å². The average molecular weight is 406 g/mol. The summed E-state index contributed by atoms with van der Waals surface area (Å²) in [4.78, 5) is 12.3. The molecule has 8 heteroatoms. The van der Waals surface area contributed by atoms with Gasteiger partial charge in [-0.3, -0.25) is 4.79 Å². The third-order valence-corrected chi connectivity index (χ3v) is 4.34. The highest BCUT2D eigenvalue weighted by molar-refractivity contribution is 6.32. The van der Waals surface area contributed by atoms with Crippen LogP contribution in [0, 0.1) is 18.3 Å². The van der Waals surface area contributed by atoms with Crippen LogP contribution in [0.2, 0.25) is 10.0 Å². The van der Waals surface area contributed by atoms with Crippen molar-refractivity contribution in [2.45, 2.75) is 6.92 Å². The molecule has 2 aromatic rings. The number of rotatable bonds is 6. The molecule has 0 spiro atoms. The lowest BCUT2D eigenvalue weighted by molar-refractivity contribution is -0.112. The van der Waals surface area contributed by atoms with Crippen molar-refractivity contribution in [3.63, 3.8) is 0 Å². The van der Waals surface area contributed by atoms with E-state index in [-0.39, 0.29) is 5.57 Å². The van der Waals surface area contributed by atoms with E-state index in [0.29, 0.717) is 32.9 Å². The van der Waals surface area contributed by atoms with Gasteiger partial charge in [0.2, 0.25) is 0 Å². The van der Waals surface area contributed by atoms with Crippen LogP contribution in [-0.2, 0) is 4.79 Å². The van der Waals surface area contributed by atoms with Crippen LogP contribution in [-0.4, -0.2) is 20.1 Å². The summed E-state index contributed by atoms with van der Waals surface area (Å²) in [5, 5.41) is 15.7. The van der Waals surface area contributed by atoms with Gasteiger partial charge >= 0.3 is 0 Å². The highest BCUT2D eigenvalue weighted by Gasteiger charge is 2.12. The smallest absolute Gasteiger partial charge is 0.267 e. The number of carbonyl (C=O) groups excluding carboxylic acids is 1. The Labute approximate surface area is 167 Å². The summed E-state index contributed by atoms with van der Waals surface area (Å²) in [5.41, 5.74) is 1.72. The quantitative estimate of drug-likeness (QED) is 0.533. The van der Waals surface area contributed by atoms with Crippen molar-refractivity contribution < 1.29 is 14.3 Å². The number of hydrogen-bond acceptors (Lipinski definition) is 5. The number of methoxy groups -OCH3 is 2. The maximum absolute atomic E-state index is 12.3. The largest absolute Gasteiger partial charge is 0.495 e. The Hall–Kier alpha value is -2.88. The third kappa shape index (κ3) is 5.07. The number of carbonyl (C=O) groups is 1. The van der Waals surface area contributed by atoms with Crippen LogP contribution in [0.15, 0.2) is 42.1 Å². The molecule has 0 heterocycles. The molecule has 1 amide bonds. The van der Waals surface area contributed by atoms with Crippen molar-refractivity contribution in [1.29, 1.82) is 5.26 Å². The second kappa shape index (κ2) is 9.17. The first kappa shape index (κ1) is 20.4. The Kier molecular flexibility index (Phi) is 6.94. The topological polar surface area (TPSA) is 83.4 Å². The molecule has 0 aliphatic heterocycles. The lowest BCUT2D eigenvalue weighted by Gasteiger charge is -2.12. The first-order valence-corrected chi connectivity index (χ1v) is 8.51. The van der Waals surface area contributed by atoms with Crippen LogP contribution in [0.25, 0.3) is 0 Å². The summed E-state index contributed by atoms with van der Waals surface area (Å²) in [6.45, 7) is 1.85. The number of nitrogens with one attached hydrogen (secondary N) is 2. The minimum Gasteiger partial charge on any atom is -0.495 e. The average Bonchev–Trinajstić information content (AvgIpc) is 2.65. The van der Waals surface area contributed by atoms with Gasteiger partial charge in [-0.2, -0.15) is 5.26 Å². The van der Waals surface area contributed by atoms with Crippen molar-refractivity contribution in [2.24, 2.45) is 0 Å². The van der Waals surface area contributed by atoms with E-state index in [4.69, 9.17) is 32.7 Å². The lowest BCUT2D eigenvalue weighted by atomic mass is 10.2. The van der Waals surface area contributed by atoms with Gasteiger partial charge in [0, 0.05) is 29.0 Å². The first-order chi connectivity index (χ1) is 12.9. The molecule has 0 aromatic heterocycles. The molecular formula is C19H17Cl2N3O3. The van der Waals surface area contributed by atoms with Gasteiger partial charge in [-0.25, -0.2) is 0 Å². The molecule has 0 aliphatic carbocycles. The molecule has 0 bridgehead atoms. The summed E-state index contributed by atoms with van der Waals surface area (Å²) in [7, 11) is 2.96. The minimum absolute atomic E-state index is 0.136. The van der Waals surface area contributed by atoms with Crippen molar-refractivity contribution in [2.75, 3.05) is 24.9 Å². The second-order valence-electron chi connectivity index (χ2n) is 5.42. The van der Waals surface area contributed by atoms with E-state index < -0.39 is 5.91 Å². The maximum atomic E-state index is 12.3. The Morgan fingerprint density at radius 3 is 2.41 bits per heavy atom. The van der Waals surface area contributed by atoms with Crippen molar-refractivity contribution >= 4 is 40.5 Å². The van der Waals surface area contributed by atoms with Crippen molar-refractivity contribution in [1.82, 2.24) is 0 Å². The number of halogens is 2. The molecule has 0 atom stereocenters. The monoisotopic (exact) mass is 405 g/mol. The van der Waals surface area contributed by atoms with E-state index in [0.717, 1.165) is 5.56 Å². The Morgan fingerprint density at radius 1 is 1.11 bits per heavy atom.